The quantitative estimate of drug-likeness (QED) is 0.784. The van der Waals surface area contributed by atoms with Gasteiger partial charge in [0.1, 0.15) is 11.4 Å². The van der Waals surface area contributed by atoms with Crippen molar-refractivity contribution < 1.29 is 19.1 Å². The third-order valence-electron chi connectivity index (χ3n) is 5.69. The van der Waals surface area contributed by atoms with E-state index in [9.17, 15) is 9.59 Å². The molecule has 2 aliphatic heterocycles. The first kappa shape index (κ1) is 20.5. The van der Waals surface area contributed by atoms with Crippen LogP contribution in [0.1, 0.15) is 37.2 Å². The molecule has 7 nitrogen and oxygen atoms in total. The molecular formula is C21H31N3O4. The van der Waals surface area contributed by atoms with Crippen molar-refractivity contribution >= 4 is 11.9 Å². The summed E-state index contributed by atoms with van der Waals surface area (Å²) in [7, 11) is 5.18. The number of rotatable bonds is 5. The molecule has 7 heteroatoms. The number of hydrogen-bond donors (Lipinski definition) is 1. The molecular weight excluding hydrogens is 358 g/mol. The van der Waals surface area contributed by atoms with Gasteiger partial charge in [0.05, 0.1) is 6.61 Å². The third-order valence-corrected chi connectivity index (χ3v) is 5.69. The Balaban J connectivity index is 1.70. The molecule has 0 aliphatic carbocycles. The smallest absolute Gasteiger partial charge is 0.319 e. The minimum Gasteiger partial charge on any atom is -0.487 e. The van der Waals surface area contributed by atoms with E-state index in [1.54, 1.807) is 26.1 Å². The van der Waals surface area contributed by atoms with Crippen molar-refractivity contribution in [2.45, 2.75) is 37.2 Å². The number of urea groups is 1. The zero-order chi connectivity index (χ0) is 20.1. The molecule has 1 unspecified atom stereocenters. The summed E-state index contributed by atoms with van der Waals surface area (Å²) in [5.74, 6) is 1.02. The van der Waals surface area contributed by atoms with Crippen LogP contribution in [0, 0.1) is 0 Å². The van der Waals surface area contributed by atoms with Crippen LogP contribution < -0.4 is 10.1 Å². The molecule has 0 aromatic heterocycles. The van der Waals surface area contributed by atoms with Gasteiger partial charge in [0, 0.05) is 66.0 Å². The van der Waals surface area contributed by atoms with Crippen LogP contribution >= 0.6 is 0 Å². The Bertz CT molecular complexity index is 699. The summed E-state index contributed by atoms with van der Waals surface area (Å²) in [6.07, 6.45) is 2.79. The lowest BCUT2D eigenvalue weighted by molar-refractivity contribution is -0.122. The highest BCUT2D eigenvalue weighted by Crippen LogP contribution is 2.46. The zero-order valence-electron chi connectivity index (χ0n) is 17.1. The summed E-state index contributed by atoms with van der Waals surface area (Å²) in [5.41, 5.74) is 0.788. The Morgan fingerprint density at radius 3 is 2.68 bits per heavy atom. The largest absolute Gasteiger partial charge is 0.487 e. The van der Waals surface area contributed by atoms with Gasteiger partial charge in [-0.3, -0.25) is 4.79 Å². The molecule has 0 bridgehead atoms. The van der Waals surface area contributed by atoms with Gasteiger partial charge in [-0.1, -0.05) is 18.2 Å². The van der Waals surface area contributed by atoms with E-state index in [4.69, 9.17) is 9.47 Å². The van der Waals surface area contributed by atoms with E-state index in [-0.39, 0.29) is 23.5 Å². The van der Waals surface area contributed by atoms with Gasteiger partial charge in [0.2, 0.25) is 5.91 Å². The van der Waals surface area contributed by atoms with Crippen molar-refractivity contribution in [3.05, 3.63) is 29.8 Å². The highest BCUT2D eigenvalue weighted by molar-refractivity contribution is 5.77. The molecule has 1 aromatic rings. The predicted molar refractivity (Wildman–Crippen MR) is 107 cm³/mol. The van der Waals surface area contributed by atoms with Crippen LogP contribution in [-0.4, -0.2) is 74.8 Å². The fraction of sp³-hybridized carbons (Fsp3) is 0.619. The van der Waals surface area contributed by atoms with E-state index >= 15 is 0 Å². The average Bonchev–Trinajstić information content (AvgIpc) is 2.68. The van der Waals surface area contributed by atoms with Crippen LogP contribution in [-0.2, 0) is 9.53 Å². The van der Waals surface area contributed by atoms with Crippen LogP contribution in [0.25, 0.3) is 0 Å². The van der Waals surface area contributed by atoms with E-state index < -0.39 is 0 Å². The van der Waals surface area contributed by atoms with Crippen molar-refractivity contribution in [3.8, 4) is 5.75 Å². The lowest BCUT2D eigenvalue weighted by Gasteiger charge is -2.47. The highest BCUT2D eigenvalue weighted by Gasteiger charge is 2.44. The number of amides is 3. The molecule has 3 rings (SSSR count). The molecule has 154 valence electrons. The molecule has 28 heavy (non-hydrogen) atoms. The van der Waals surface area contributed by atoms with Crippen molar-refractivity contribution in [2.24, 2.45) is 0 Å². The lowest BCUT2D eigenvalue weighted by Crippen LogP contribution is -2.53. The maximum atomic E-state index is 12.4. The van der Waals surface area contributed by atoms with Gasteiger partial charge in [-0.05, 0) is 18.1 Å². The van der Waals surface area contributed by atoms with E-state index in [0.717, 1.165) is 30.6 Å². The second kappa shape index (κ2) is 8.82. The first-order valence-electron chi connectivity index (χ1n) is 9.94. The summed E-state index contributed by atoms with van der Waals surface area (Å²) in [6.45, 7) is 2.38. The third kappa shape index (κ3) is 4.58. The molecule has 1 fully saturated rings. The number of fused-ring (bicyclic) bond motifs is 1. The Morgan fingerprint density at radius 1 is 1.29 bits per heavy atom. The highest BCUT2D eigenvalue weighted by atomic mass is 16.5. The monoisotopic (exact) mass is 389 g/mol. The average molecular weight is 389 g/mol. The van der Waals surface area contributed by atoms with Gasteiger partial charge in [-0.15, -0.1) is 0 Å². The number of carbonyl (C=O) groups is 2. The number of nitrogens with one attached hydrogen (secondary N) is 1. The molecule has 2 heterocycles. The number of carbonyl (C=O) groups excluding carboxylic acids is 2. The fourth-order valence-electron chi connectivity index (χ4n) is 4.21. The summed E-state index contributed by atoms with van der Waals surface area (Å²) in [5, 5.41) is 2.92. The summed E-state index contributed by atoms with van der Waals surface area (Å²) < 4.78 is 11.5. The maximum Gasteiger partial charge on any atom is 0.319 e. The summed E-state index contributed by atoms with van der Waals surface area (Å²) in [6, 6.07) is 8.05. The van der Waals surface area contributed by atoms with Crippen molar-refractivity contribution in [2.75, 3.05) is 47.4 Å². The molecule has 1 saturated heterocycles. The fourth-order valence-corrected chi connectivity index (χ4v) is 4.21. The van der Waals surface area contributed by atoms with Gasteiger partial charge in [-0.2, -0.15) is 0 Å². The Hall–Kier alpha value is -2.28. The Labute approximate surface area is 167 Å². The van der Waals surface area contributed by atoms with Gasteiger partial charge >= 0.3 is 6.03 Å². The van der Waals surface area contributed by atoms with E-state index in [1.165, 1.54) is 0 Å². The number of methoxy groups -OCH3 is 1. The second-order valence-corrected chi connectivity index (χ2v) is 7.93. The topological polar surface area (TPSA) is 71.1 Å². The lowest BCUT2D eigenvalue weighted by atomic mass is 9.76. The van der Waals surface area contributed by atoms with E-state index in [0.29, 0.717) is 32.7 Å². The van der Waals surface area contributed by atoms with Crippen molar-refractivity contribution in [1.29, 1.82) is 0 Å². The van der Waals surface area contributed by atoms with Gasteiger partial charge in [-0.25, -0.2) is 4.79 Å². The Morgan fingerprint density at radius 2 is 2.00 bits per heavy atom. The number of likely N-dealkylation sites (tertiary alicyclic amines) is 1. The number of para-hydroxylation sites is 1. The Kier molecular flexibility index (Phi) is 6.44. The number of hydrogen-bond acceptors (Lipinski definition) is 4. The van der Waals surface area contributed by atoms with Crippen molar-refractivity contribution in [1.82, 2.24) is 15.1 Å². The van der Waals surface area contributed by atoms with Crippen LogP contribution in [0.5, 0.6) is 5.75 Å². The minimum atomic E-state index is -0.311. The molecule has 0 radical (unpaired) electrons. The maximum absolute atomic E-state index is 12.4. The second-order valence-electron chi connectivity index (χ2n) is 7.93. The normalized spacial score (nSPS) is 20.2. The molecule has 3 amide bonds. The van der Waals surface area contributed by atoms with Crippen LogP contribution in [0.2, 0.25) is 0 Å². The molecule has 1 spiro atoms. The number of benzene rings is 1. The zero-order valence-corrected chi connectivity index (χ0v) is 17.1. The van der Waals surface area contributed by atoms with Crippen LogP contribution in [0.3, 0.4) is 0 Å². The molecule has 1 atom stereocenters. The van der Waals surface area contributed by atoms with E-state index in [2.05, 4.69) is 11.4 Å². The summed E-state index contributed by atoms with van der Waals surface area (Å²) in [4.78, 5) is 28.2. The van der Waals surface area contributed by atoms with Crippen molar-refractivity contribution in [3.63, 3.8) is 0 Å². The molecule has 2 aliphatic rings. The van der Waals surface area contributed by atoms with Crippen LogP contribution in [0.4, 0.5) is 4.79 Å². The first-order chi connectivity index (χ1) is 13.4. The van der Waals surface area contributed by atoms with E-state index in [1.807, 2.05) is 23.1 Å². The van der Waals surface area contributed by atoms with Crippen LogP contribution in [0.15, 0.2) is 24.3 Å². The molecule has 0 saturated carbocycles. The SMILES string of the molecule is COCCNC(=O)CC1CC2(CCN(C(=O)N(C)C)CC2)Oc2ccccc21. The summed E-state index contributed by atoms with van der Waals surface area (Å²) >= 11 is 0. The molecule has 1 aromatic carbocycles. The van der Waals surface area contributed by atoms with Gasteiger partial charge in [0.15, 0.2) is 0 Å². The number of piperidine rings is 1. The number of ether oxygens (including phenoxy) is 2. The predicted octanol–water partition coefficient (Wildman–Crippen LogP) is 2.22. The van der Waals surface area contributed by atoms with Gasteiger partial charge in [0.25, 0.3) is 0 Å². The molecule has 1 N–H and O–H groups in total. The first-order valence-corrected chi connectivity index (χ1v) is 9.94. The number of nitrogens with zero attached hydrogens (tertiary/aromatic N) is 2. The minimum absolute atomic E-state index is 0.0362. The standard InChI is InChI=1S/C21H31N3O4/c1-23(2)20(26)24-11-8-21(9-12-24)15-16(14-19(25)22-10-13-27-3)17-6-4-5-7-18(17)28-21/h4-7,16H,8-15H2,1-3H3,(H,22,25). The van der Waals surface area contributed by atoms with Gasteiger partial charge < -0.3 is 24.6 Å².